The number of aliphatic imine (C=N–C) groups is 1. The lowest BCUT2D eigenvalue weighted by Crippen LogP contribution is -2.08. The number of carbonyl (C=O) groups excluding carboxylic acids is 1. The second kappa shape index (κ2) is 16.2. The fraction of sp³-hybridized carbons (Fsp3) is 0.533. The summed E-state index contributed by atoms with van der Waals surface area (Å²) in [4.78, 5) is 15.8. The second-order valence-corrected chi connectivity index (χ2v) is 9.27. The minimum Gasteiger partial charge on any atom is -0.344 e. The number of ketones is 1. The molecule has 0 aliphatic heterocycles. The van der Waals surface area contributed by atoms with Crippen molar-refractivity contribution >= 4 is 17.3 Å². The summed E-state index contributed by atoms with van der Waals surface area (Å²) in [5.74, 6) is 2.04. The van der Waals surface area contributed by atoms with E-state index >= 15 is 0 Å². The number of nitrogens with zero attached hydrogens (tertiary/aromatic N) is 1. The summed E-state index contributed by atoms with van der Waals surface area (Å²) in [7, 11) is 0. The first-order valence-electron chi connectivity index (χ1n) is 12.7. The monoisotopic (exact) mass is 450 g/mol. The Balaban J connectivity index is 0.000000420. The standard InChI is InChI=1S/C20H26N2.C10H20O/c1-6-20(18-10-11-18)15(4)21-16(5)22-19-9-7-8-17(13-19)12-14(2)3;1-3-5-7-9-10(11)8-6-4-2/h6-9,13,18H,1-2,10-12H2,3-5H3,(H,21,22);3-9H2,1-2H3/b20-15+;. The lowest BCUT2D eigenvalue weighted by atomic mass is 10.1. The van der Waals surface area contributed by atoms with Gasteiger partial charge in [-0.15, -0.1) is 0 Å². The summed E-state index contributed by atoms with van der Waals surface area (Å²) in [6, 6.07) is 8.41. The third-order valence-corrected chi connectivity index (χ3v) is 5.62. The molecule has 1 aliphatic rings. The van der Waals surface area contributed by atoms with Crippen LogP contribution in [0.2, 0.25) is 0 Å². The molecule has 0 saturated heterocycles. The van der Waals surface area contributed by atoms with Gasteiger partial charge in [-0.05, 0) is 82.1 Å². The molecule has 0 unspecified atom stereocenters. The molecule has 1 fully saturated rings. The maximum absolute atomic E-state index is 11.1. The van der Waals surface area contributed by atoms with E-state index in [1.807, 2.05) is 13.0 Å². The zero-order chi connectivity index (χ0) is 24.6. The van der Waals surface area contributed by atoms with Crippen molar-refractivity contribution in [2.24, 2.45) is 10.9 Å². The molecule has 2 rings (SSSR count). The summed E-state index contributed by atoms with van der Waals surface area (Å²) in [6.07, 6.45) is 12.7. The molecule has 0 bridgehead atoms. The molecule has 1 N–H and O–H groups in total. The maximum Gasteiger partial charge on any atom is 0.132 e. The molecule has 0 aromatic heterocycles. The van der Waals surface area contributed by atoms with E-state index in [0.29, 0.717) is 11.7 Å². The molecule has 1 aliphatic carbocycles. The number of Topliss-reactive ketones (excluding diaryl/α,β-unsaturated/α-hetero) is 1. The molecular formula is C30H46N2O. The van der Waals surface area contributed by atoms with Crippen LogP contribution in [0.5, 0.6) is 0 Å². The lowest BCUT2D eigenvalue weighted by molar-refractivity contribution is -0.119. The topological polar surface area (TPSA) is 41.5 Å². The van der Waals surface area contributed by atoms with E-state index in [1.165, 1.54) is 42.4 Å². The first-order chi connectivity index (χ1) is 15.8. The van der Waals surface area contributed by atoms with Gasteiger partial charge in [-0.1, -0.05) is 70.0 Å². The zero-order valence-electron chi connectivity index (χ0n) is 21.8. The van der Waals surface area contributed by atoms with Gasteiger partial charge in [-0.3, -0.25) is 4.79 Å². The molecule has 1 aromatic rings. The molecular weight excluding hydrogens is 404 g/mol. The number of unbranched alkanes of at least 4 members (excludes halogenated alkanes) is 3. The number of nitrogens with one attached hydrogen (secondary N) is 1. The van der Waals surface area contributed by atoms with Crippen LogP contribution in [0.15, 0.2) is 65.3 Å². The molecule has 0 atom stereocenters. The van der Waals surface area contributed by atoms with Crippen LogP contribution < -0.4 is 5.32 Å². The molecule has 3 nitrogen and oxygen atoms in total. The third kappa shape index (κ3) is 13.0. The number of carbonyl (C=O) groups is 1. The van der Waals surface area contributed by atoms with Crippen LogP contribution in [0.1, 0.15) is 98.0 Å². The van der Waals surface area contributed by atoms with Gasteiger partial charge in [0, 0.05) is 24.2 Å². The summed E-state index contributed by atoms with van der Waals surface area (Å²) in [6.45, 7) is 18.3. The fourth-order valence-corrected chi connectivity index (χ4v) is 3.74. The number of allylic oxidation sites excluding steroid dienone is 4. The molecule has 33 heavy (non-hydrogen) atoms. The first-order valence-corrected chi connectivity index (χ1v) is 12.7. The Morgan fingerprint density at radius 1 is 1.09 bits per heavy atom. The van der Waals surface area contributed by atoms with Crippen LogP contribution in [-0.2, 0) is 11.2 Å². The smallest absolute Gasteiger partial charge is 0.132 e. The van der Waals surface area contributed by atoms with Crippen LogP contribution in [0.3, 0.4) is 0 Å². The van der Waals surface area contributed by atoms with E-state index in [-0.39, 0.29) is 0 Å². The van der Waals surface area contributed by atoms with Crippen LogP contribution in [0.4, 0.5) is 5.69 Å². The second-order valence-electron chi connectivity index (χ2n) is 9.27. The van der Waals surface area contributed by atoms with E-state index in [9.17, 15) is 4.79 Å². The van der Waals surface area contributed by atoms with Crippen molar-refractivity contribution in [1.82, 2.24) is 0 Å². The quantitative estimate of drug-likeness (QED) is 0.107. The summed E-state index contributed by atoms with van der Waals surface area (Å²) >= 11 is 0. The van der Waals surface area contributed by atoms with Crippen LogP contribution in [0.25, 0.3) is 0 Å². The van der Waals surface area contributed by atoms with Crippen molar-refractivity contribution in [2.75, 3.05) is 5.32 Å². The fourth-order valence-electron chi connectivity index (χ4n) is 3.74. The van der Waals surface area contributed by atoms with Gasteiger partial charge in [-0.2, -0.15) is 0 Å². The van der Waals surface area contributed by atoms with E-state index in [2.05, 4.69) is 70.4 Å². The van der Waals surface area contributed by atoms with Crippen molar-refractivity contribution in [3.05, 3.63) is 65.9 Å². The van der Waals surface area contributed by atoms with Gasteiger partial charge in [0.15, 0.2) is 0 Å². The number of hydrogen-bond donors (Lipinski definition) is 1. The molecule has 3 heteroatoms. The van der Waals surface area contributed by atoms with Crippen LogP contribution >= 0.6 is 0 Å². The molecule has 0 heterocycles. The lowest BCUT2D eigenvalue weighted by Gasteiger charge is -2.09. The van der Waals surface area contributed by atoms with Crippen LogP contribution in [-0.4, -0.2) is 11.6 Å². The Morgan fingerprint density at radius 2 is 1.76 bits per heavy atom. The van der Waals surface area contributed by atoms with Gasteiger partial charge >= 0.3 is 0 Å². The molecule has 1 aromatic carbocycles. The predicted molar refractivity (Wildman–Crippen MR) is 146 cm³/mol. The van der Waals surface area contributed by atoms with Crippen molar-refractivity contribution in [1.29, 1.82) is 0 Å². The van der Waals surface area contributed by atoms with E-state index in [4.69, 9.17) is 4.99 Å². The Labute approximate surface area is 203 Å². The average molecular weight is 451 g/mol. The van der Waals surface area contributed by atoms with Gasteiger partial charge < -0.3 is 5.32 Å². The van der Waals surface area contributed by atoms with Gasteiger partial charge in [0.05, 0.1) is 0 Å². The summed E-state index contributed by atoms with van der Waals surface area (Å²) < 4.78 is 0. The highest BCUT2D eigenvalue weighted by Crippen LogP contribution is 2.38. The number of anilines is 1. The number of rotatable bonds is 13. The Kier molecular flexibility index (Phi) is 14.1. The molecule has 0 spiro atoms. The van der Waals surface area contributed by atoms with Crippen molar-refractivity contribution in [3.63, 3.8) is 0 Å². The number of hydrogen-bond acceptors (Lipinski definition) is 2. The highest BCUT2D eigenvalue weighted by atomic mass is 16.1. The summed E-state index contributed by atoms with van der Waals surface area (Å²) in [5.41, 5.74) is 5.86. The SMILES string of the molecule is C=C/C(=C(/C)N=C(C)Nc1cccc(CC(=C)C)c1)C1CC1.CCCCCC(=O)CCCC. The van der Waals surface area contributed by atoms with Crippen molar-refractivity contribution in [2.45, 2.75) is 98.8 Å². The largest absolute Gasteiger partial charge is 0.344 e. The minimum atomic E-state index is 0.459. The maximum atomic E-state index is 11.1. The van der Waals surface area contributed by atoms with Crippen molar-refractivity contribution in [3.8, 4) is 0 Å². The third-order valence-electron chi connectivity index (χ3n) is 5.62. The van der Waals surface area contributed by atoms with E-state index in [1.54, 1.807) is 0 Å². The van der Waals surface area contributed by atoms with E-state index in [0.717, 1.165) is 55.7 Å². The molecule has 0 amide bonds. The van der Waals surface area contributed by atoms with E-state index < -0.39 is 0 Å². The Bertz CT molecular complexity index is 827. The average Bonchev–Trinajstić information content (AvgIpc) is 3.58. The van der Waals surface area contributed by atoms with Gasteiger partial charge in [0.2, 0.25) is 0 Å². The Hall–Kier alpha value is -2.42. The van der Waals surface area contributed by atoms with Gasteiger partial charge in [-0.25, -0.2) is 4.99 Å². The summed E-state index contributed by atoms with van der Waals surface area (Å²) in [5, 5.41) is 3.38. The molecule has 1 saturated carbocycles. The highest BCUT2D eigenvalue weighted by Gasteiger charge is 2.25. The van der Waals surface area contributed by atoms with Crippen molar-refractivity contribution < 1.29 is 4.79 Å². The number of amidine groups is 1. The Morgan fingerprint density at radius 3 is 2.33 bits per heavy atom. The molecule has 182 valence electrons. The van der Waals surface area contributed by atoms with Crippen LogP contribution in [0, 0.1) is 5.92 Å². The normalized spacial score (nSPS) is 14.0. The number of benzene rings is 1. The minimum absolute atomic E-state index is 0.459. The predicted octanol–water partition coefficient (Wildman–Crippen LogP) is 8.83. The van der Waals surface area contributed by atoms with Gasteiger partial charge in [0.25, 0.3) is 0 Å². The first kappa shape index (κ1) is 28.6. The van der Waals surface area contributed by atoms with Gasteiger partial charge in [0.1, 0.15) is 11.6 Å². The highest BCUT2D eigenvalue weighted by molar-refractivity contribution is 5.94. The molecule has 0 radical (unpaired) electrons. The zero-order valence-corrected chi connectivity index (χ0v) is 21.8.